The molecule has 2 atom stereocenters. The highest BCUT2D eigenvalue weighted by molar-refractivity contribution is 7.47. The van der Waals surface area contributed by atoms with Crippen LogP contribution in [0.3, 0.4) is 0 Å². The van der Waals surface area contributed by atoms with Crippen molar-refractivity contribution in [1.82, 2.24) is 5.32 Å². The molecule has 0 aliphatic heterocycles. The summed E-state index contributed by atoms with van der Waals surface area (Å²) < 4.78 is 33.9. The summed E-state index contributed by atoms with van der Waals surface area (Å²) >= 11 is 0. The quantitative estimate of drug-likeness (QED) is 0.0229. The van der Waals surface area contributed by atoms with E-state index >= 15 is 0 Å². The summed E-state index contributed by atoms with van der Waals surface area (Å²) in [6.07, 6.45) is 46.4. The molecule has 0 rings (SSSR count). The van der Waals surface area contributed by atoms with Gasteiger partial charge < -0.3 is 24.8 Å². The fourth-order valence-corrected chi connectivity index (χ4v) is 8.33. The summed E-state index contributed by atoms with van der Waals surface area (Å²) in [5, 5.41) is 11.4. The number of amides is 1. The zero-order chi connectivity index (χ0) is 48.4. The molecule has 1 amide bonds. The Kier molecular flexibility index (Phi) is 47.0. The monoisotopic (exact) mass is 956 g/mol. The van der Waals surface area contributed by atoms with E-state index < -0.39 is 38.4 Å². The van der Waals surface area contributed by atoms with Crippen LogP contribution in [-0.2, 0) is 42.3 Å². The first-order valence-corrected chi connectivity index (χ1v) is 28.3. The van der Waals surface area contributed by atoms with Crippen LogP contribution in [-0.4, -0.2) is 66.3 Å². The molecule has 0 saturated carbocycles. The topological polar surface area (TPSA) is 175 Å². The van der Waals surface area contributed by atoms with Gasteiger partial charge in [0.15, 0.2) is 6.10 Å². The third-order valence-corrected chi connectivity index (χ3v) is 12.6. The average molecular weight is 956 g/mol. The zero-order valence-electron chi connectivity index (χ0n) is 42.1. The molecule has 13 heteroatoms. The van der Waals surface area contributed by atoms with E-state index in [1.807, 2.05) is 0 Å². The summed E-state index contributed by atoms with van der Waals surface area (Å²) in [6.45, 7) is 3.45. The van der Waals surface area contributed by atoms with Crippen LogP contribution < -0.4 is 5.32 Å². The summed E-state index contributed by atoms with van der Waals surface area (Å²) in [5.41, 5.74) is 0. The number of esters is 2. The molecule has 3 N–H and O–H groups in total. The lowest BCUT2D eigenvalue weighted by atomic mass is 10.1. The van der Waals surface area contributed by atoms with Crippen molar-refractivity contribution >= 4 is 31.6 Å². The van der Waals surface area contributed by atoms with Crippen molar-refractivity contribution in [2.45, 2.75) is 264 Å². The maximum atomic E-state index is 12.8. The van der Waals surface area contributed by atoms with E-state index in [0.29, 0.717) is 25.7 Å². The smallest absolute Gasteiger partial charge is 0.472 e. The Labute approximate surface area is 402 Å². The van der Waals surface area contributed by atoms with Crippen LogP contribution >= 0.6 is 7.82 Å². The van der Waals surface area contributed by atoms with Gasteiger partial charge in [0, 0.05) is 32.2 Å². The molecular formula is C53H98NO11P. The lowest BCUT2D eigenvalue weighted by Gasteiger charge is -2.20. The fourth-order valence-electron chi connectivity index (χ4n) is 7.58. The number of ether oxygens (including phenoxy) is 2. The zero-order valence-corrected chi connectivity index (χ0v) is 43.0. The second-order valence-corrected chi connectivity index (χ2v) is 19.6. The van der Waals surface area contributed by atoms with Crippen molar-refractivity contribution in [2.24, 2.45) is 0 Å². The minimum absolute atomic E-state index is 0.0193. The van der Waals surface area contributed by atoms with Crippen LogP contribution in [0.2, 0.25) is 0 Å². The minimum atomic E-state index is -4.57. The van der Waals surface area contributed by atoms with Crippen LogP contribution in [0.1, 0.15) is 258 Å². The Bertz CT molecular complexity index is 1260. The lowest BCUT2D eigenvalue weighted by molar-refractivity contribution is -0.161. The normalized spacial score (nSPS) is 13.0. The maximum Gasteiger partial charge on any atom is 0.472 e. The van der Waals surface area contributed by atoms with E-state index in [1.165, 1.54) is 77.0 Å². The number of carboxylic acid groups (broad SMARTS) is 1. The number of allylic oxidation sites excluding steroid dienone is 4. The van der Waals surface area contributed by atoms with Crippen LogP contribution in [0.4, 0.5) is 0 Å². The van der Waals surface area contributed by atoms with Crippen LogP contribution in [0.5, 0.6) is 0 Å². The van der Waals surface area contributed by atoms with Gasteiger partial charge >= 0.3 is 25.7 Å². The van der Waals surface area contributed by atoms with Gasteiger partial charge in [-0.25, -0.2) is 4.57 Å². The molecule has 12 nitrogen and oxygen atoms in total. The van der Waals surface area contributed by atoms with E-state index in [0.717, 1.165) is 122 Å². The van der Waals surface area contributed by atoms with E-state index in [9.17, 15) is 28.6 Å². The number of nitrogens with one attached hydrogen (secondary N) is 1. The summed E-state index contributed by atoms with van der Waals surface area (Å²) in [4.78, 5) is 58.5. The van der Waals surface area contributed by atoms with Gasteiger partial charge in [0.2, 0.25) is 5.91 Å². The Morgan fingerprint density at radius 3 is 1.30 bits per heavy atom. The van der Waals surface area contributed by atoms with Crippen molar-refractivity contribution in [1.29, 1.82) is 0 Å². The molecular weight excluding hydrogens is 858 g/mol. The molecule has 0 radical (unpaired) electrons. The number of aliphatic carboxylic acids is 1. The highest BCUT2D eigenvalue weighted by Gasteiger charge is 2.26. The molecule has 0 aromatic carbocycles. The number of carboxylic acids is 1. The Morgan fingerprint density at radius 2 is 0.864 bits per heavy atom. The first kappa shape index (κ1) is 63.5. The van der Waals surface area contributed by atoms with E-state index in [1.54, 1.807) is 0 Å². The van der Waals surface area contributed by atoms with E-state index in [2.05, 4.69) is 43.5 Å². The maximum absolute atomic E-state index is 12.8. The van der Waals surface area contributed by atoms with Crippen molar-refractivity contribution < 1.29 is 52.3 Å². The molecule has 386 valence electrons. The number of carbonyl (C=O) groups is 4. The molecule has 0 aliphatic rings. The molecule has 0 aromatic rings. The van der Waals surface area contributed by atoms with Gasteiger partial charge in [-0.2, -0.15) is 0 Å². The number of hydrogen-bond donors (Lipinski definition) is 3. The van der Waals surface area contributed by atoms with Crippen molar-refractivity contribution in [3.63, 3.8) is 0 Å². The van der Waals surface area contributed by atoms with Gasteiger partial charge in [-0.1, -0.05) is 179 Å². The predicted octanol–water partition coefficient (Wildman–Crippen LogP) is 14.8. The van der Waals surface area contributed by atoms with Crippen molar-refractivity contribution in [2.75, 3.05) is 26.4 Å². The Balaban J connectivity index is 4.56. The van der Waals surface area contributed by atoms with Gasteiger partial charge in [0.05, 0.1) is 13.2 Å². The first-order chi connectivity index (χ1) is 32.1. The third kappa shape index (κ3) is 49.4. The molecule has 0 aromatic heterocycles. The Morgan fingerprint density at radius 1 is 0.485 bits per heavy atom. The van der Waals surface area contributed by atoms with Crippen LogP contribution in [0.15, 0.2) is 24.3 Å². The number of hydrogen-bond acceptors (Lipinski definition) is 9. The number of phosphoric ester groups is 1. The molecule has 0 spiro atoms. The molecule has 1 unspecified atom stereocenters. The van der Waals surface area contributed by atoms with Gasteiger partial charge in [-0.15, -0.1) is 0 Å². The second-order valence-electron chi connectivity index (χ2n) is 18.1. The number of unbranched alkanes of at least 4 members (excludes halogenated alkanes) is 29. The van der Waals surface area contributed by atoms with Crippen LogP contribution in [0, 0.1) is 0 Å². The van der Waals surface area contributed by atoms with Gasteiger partial charge in [0.25, 0.3) is 0 Å². The predicted molar refractivity (Wildman–Crippen MR) is 268 cm³/mol. The van der Waals surface area contributed by atoms with Crippen molar-refractivity contribution in [3.8, 4) is 0 Å². The first-order valence-electron chi connectivity index (χ1n) is 26.8. The summed E-state index contributed by atoms with van der Waals surface area (Å²) in [7, 11) is -4.57. The summed E-state index contributed by atoms with van der Waals surface area (Å²) in [5.74, 6) is -1.84. The third-order valence-electron chi connectivity index (χ3n) is 11.7. The van der Waals surface area contributed by atoms with Gasteiger partial charge in [-0.3, -0.25) is 28.2 Å². The average Bonchev–Trinajstić information content (AvgIpc) is 3.29. The Hall–Kier alpha value is -2.53. The largest absolute Gasteiger partial charge is 0.481 e. The van der Waals surface area contributed by atoms with E-state index in [4.69, 9.17) is 23.6 Å². The number of phosphoric acid groups is 1. The molecule has 0 fully saturated rings. The molecule has 0 heterocycles. The SMILES string of the molecule is CCCCCCCC/C=C\CCCCCCCC(=O)OC[C@H](COP(=O)(O)OCCNC(=O)CCCCCCCCCCC(=O)O)OC(=O)CCCCCCC/C=C\CCCCCCCC. The molecule has 0 saturated heterocycles. The fraction of sp³-hybridized carbons (Fsp3) is 0.849. The molecule has 0 bridgehead atoms. The lowest BCUT2D eigenvalue weighted by Crippen LogP contribution is -2.30. The van der Waals surface area contributed by atoms with Gasteiger partial charge in [-0.05, 0) is 77.0 Å². The second kappa shape index (κ2) is 48.9. The van der Waals surface area contributed by atoms with Crippen molar-refractivity contribution in [3.05, 3.63) is 24.3 Å². The highest BCUT2D eigenvalue weighted by atomic mass is 31.2. The standard InChI is InChI=1S/C53H98NO11P/c1-3-5-7-9-11-13-15-17-19-21-23-25-31-35-39-43-52(58)62-47-49(65-53(59)44-40-36-32-26-24-22-20-18-16-14-12-10-8-6-4-2)48-64-66(60,61)63-46-45-54-50(55)41-37-33-29-27-28-30-34-38-42-51(56)57/h17-20,49H,3-16,21-48H2,1-2H3,(H,54,55)(H,56,57)(H,60,61)/b19-17-,20-18-/t49-/m1/s1. The van der Waals surface area contributed by atoms with Gasteiger partial charge in [0.1, 0.15) is 6.61 Å². The summed E-state index contributed by atoms with van der Waals surface area (Å²) in [6, 6.07) is 0. The molecule has 0 aliphatic carbocycles. The molecule has 66 heavy (non-hydrogen) atoms. The highest BCUT2D eigenvalue weighted by Crippen LogP contribution is 2.43. The minimum Gasteiger partial charge on any atom is -0.481 e. The van der Waals surface area contributed by atoms with Crippen LogP contribution in [0.25, 0.3) is 0 Å². The number of carbonyl (C=O) groups excluding carboxylic acids is 3. The van der Waals surface area contributed by atoms with E-state index in [-0.39, 0.29) is 44.9 Å². The number of rotatable bonds is 51.